The Morgan fingerprint density at radius 1 is 1.57 bits per heavy atom. The molecule has 0 saturated carbocycles. The molecule has 70 valence electrons. The van der Waals surface area contributed by atoms with Crippen LogP contribution in [0.25, 0.3) is 0 Å². The van der Waals surface area contributed by atoms with Gasteiger partial charge in [0.2, 0.25) is 0 Å². The van der Waals surface area contributed by atoms with Gasteiger partial charge in [0, 0.05) is 6.07 Å². The molecule has 1 aromatic carbocycles. The molecule has 0 fully saturated rings. The van der Waals surface area contributed by atoms with Gasteiger partial charge in [-0.25, -0.2) is 4.79 Å². The number of rotatable bonds is 2. The monoisotopic (exact) mass is 222 g/mol. The first-order valence-electron chi connectivity index (χ1n) is 3.30. The maximum Gasteiger partial charge on any atom is 1.00 e. The molecule has 6 nitrogen and oxygen atoms in total. The fourth-order valence-electron chi connectivity index (χ4n) is 0.899. The fraction of sp³-hybridized carbons (Fsp3) is 0. The predicted molar refractivity (Wildman–Crippen MR) is 45.6 cm³/mol. The summed E-state index contributed by atoms with van der Waals surface area (Å²) in [7, 11) is 0. The maximum atomic E-state index is 10.5. The van der Waals surface area contributed by atoms with Crippen LogP contribution in [0.1, 0.15) is 11.8 Å². The van der Waals surface area contributed by atoms with Crippen LogP contribution in [0.5, 0.6) is 0 Å². The normalized spacial score (nSPS) is 8.86. The van der Waals surface area contributed by atoms with E-state index in [1.54, 1.807) is 0 Å². The molecule has 0 aliphatic carbocycles. The molecule has 1 aromatic rings. The van der Waals surface area contributed by atoms with Crippen molar-refractivity contribution >= 4 is 17.3 Å². The summed E-state index contributed by atoms with van der Waals surface area (Å²) >= 11 is 0. The molecule has 0 aliphatic heterocycles. The predicted octanol–water partition coefficient (Wildman–Crippen LogP) is -2.01. The number of benzene rings is 1. The van der Waals surface area contributed by atoms with Gasteiger partial charge in [-0.1, -0.05) is 6.07 Å². The second kappa shape index (κ2) is 5.42. The van der Waals surface area contributed by atoms with Crippen LogP contribution < -0.4 is 57.1 Å². The summed E-state index contributed by atoms with van der Waals surface area (Å²) in [5, 5.41) is 18.9. The van der Waals surface area contributed by atoms with Crippen LogP contribution in [-0.4, -0.2) is 16.0 Å². The van der Waals surface area contributed by atoms with E-state index in [4.69, 9.17) is 10.8 Å². The SMILES string of the molecule is Nc1c(C(=O)O)cccc1[N+](=O)[O-].[H-].[K+]. The van der Waals surface area contributed by atoms with Crippen molar-refractivity contribution in [2.24, 2.45) is 0 Å². The van der Waals surface area contributed by atoms with Gasteiger partial charge in [0.1, 0.15) is 5.69 Å². The summed E-state index contributed by atoms with van der Waals surface area (Å²) in [5.74, 6) is -1.28. The quantitative estimate of drug-likeness (QED) is 0.260. The molecule has 0 aromatic heterocycles. The minimum Gasteiger partial charge on any atom is -1.00 e. The van der Waals surface area contributed by atoms with Gasteiger partial charge >= 0.3 is 57.4 Å². The summed E-state index contributed by atoms with van der Waals surface area (Å²) < 4.78 is 0. The number of anilines is 1. The Morgan fingerprint density at radius 3 is 2.57 bits per heavy atom. The van der Waals surface area contributed by atoms with Gasteiger partial charge in [0.25, 0.3) is 5.69 Å². The zero-order valence-corrected chi connectivity index (χ0v) is 10.6. The number of hydrogen-bond acceptors (Lipinski definition) is 4. The molecule has 0 heterocycles. The van der Waals surface area contributed by atoms with Gasteiger partial charge in [-0.2, -0.15) is 0 Å². The molecule has 7 heteroatoms. The standard InChI is InChI=1S/C7H6N2O4.K.H/c8-6-4(7(10)11)2-1-3-5(6)9(12)13;;/h1-3H,8H2,(H,10,11);;/q;+1;-1. The van der Waals surface area contributed by atoms with Crippen LogP contribution in [0.15, 0.2) is 18.2 Å². The molecule has 3 N–H and O–H groups in total. The molecule has 0 radical (unpaired) electrons. The number of para-hydroxylation sites is 1. The number of nitro groups is 1. The summed E-state index contributed by atoms with van der Waals surface area (Å²) in [6, 6.07) is 3.64. The number of nitro benzene ring substituents is 1. The van der Waals surface area contributed by atoms with E-state index in [1.807, 2.05) is 0 Å². The molecule has 1 rings (SSSR count). The van der Waals surface area contributed by atoms with Crippen molar-refractivity contribution in [3.63, 3.8) is 0 Å². The minimum atomic E-state index is -1.28. The minimum absolute atomic E-state index is 0. The van der Waals surface area contributed by atoms with Crippen LogP contribution in [0.3, 0.4) is 0 Å². The Kier molecular flexibility index (Phi) is 5.23. The van der Waals surface area contributed by atoms with Gasteiger partial charge in [-0.3, -0.25) is 10.1 Å². The smallest absolute Gasteiger partial charge is 1.00 e. The first kappa shape index (κ1) is 13.5. The van der Waals surface area contributed by atoms with Gasteiger partial charge in [-0.15, -0.1) is 0 Å². The molecule has 14 heavy (non-hydrogen) atoms. The largest absolute Gasteiger partial charge is 1.00 e. The third-order valence-corrected chi connectivity index (χ3v) is 1.51. The van der Waals surface area contributed by atoms with E-state index in [1.165, 1.54) is 12.1 Å². The molecule has 0 spiro atoms. The van der Waals surface area contributed by atoms with Crippen LogP contribution in [0, 0.1) is 10.1 Å². The average Bonchev–Trinajstić information content (AvgIpc) is 2.03. The van der Waals surface area contributed by atoms with Gasteiger partial charge < -0.3 is 12.3 Å². The molecule has 0 unspecified atom stereocenters. The van der Waals surface area contributed by atoms with Crippen molar-refractivity contribution < 1.29 is 67.6 Å². The summed E-state index contributed by atoms with van der Waals surface area (Å²) in [6.07, 6.45) is 0. The number of carbonyl (C=O) groups is 1. The van der Waals surface area contributed by atoms with E-state index in [-0.39, 0.29) is 69.7 Å². The second-order valence-corrected chi connectivity index (χ2v) is 2.30. The van der Waals surface area contributed by atoms with E-state index in [0.29, 0.717) is 0 Å². The number of hydrogen-bond donors (Lipinski definition) is 2. The van der Waals surface area contributed by atoms with Crippen LogP contribution in [-0.2, 0) is 0 Å². The first-order valence-corrected chi connectivity index (χ1v) is 3.30. The molecule has 0 aliphatic rings. The average molecular weight is 222 g/mol. The Labute approximate surface area is 123 Å². The van der Waals surface area contributed by atoms with Crippen LogP contribution >= 0.6 is 0 Å². The topological polar surface area (TPSA) is 106 Å². The Balaban J connectivity index is 0. The van der Waals surface area contributed by atoms with Gasteiger partial charge in [0.05, 0.1) is 10.5 Å². The fourth-order valence-corrected chi connectivity index (χ4v) is 0.899. The zero-order chi connectivity index (χ0) is 10.0. The number of nitrogens with two attached hydrogens (primary N) is 1. The van der Waals surface area contributed by atoms with Crippen molar-refractivity contribution in [3.8, 4) is 0 Å². The van der Waals surface area contributed by atoms with Crippen molar-refractivity contribution in [3.05, 3.63) is 33.9 Å². The van der Waals surface area contributed by atoms with E-state index in [0.717, 1.165) is 6.07 Å². The number of carboxylic acid groups (broad SMARTS) is 1. The summed E-state index contributed by atoms with van der Waals surface area (Å²) in [6.45, 7) is 0. The van der Waals surface area contributed by atoms with Gasteiger partial charge in [0.15, 0.2) is 0 Å². The van der Waals surface area contributed by atoms with E-state index in [2.05, 4.69) is 0 Å². The Morgan fingerprint density at radius 2 is 2.14 bits per heavy atom. The molecule has 0 bridgehead atoms. The molecule has 0 amide bonds. The Hall–Kier alpha value is -0.474. The summed E-state index contributed by atoms with van der Waals surface area (Å²) in [4.78, 5) is 20.1. The van der Waals surface area contributed by atoms with Crippen molar-refractivity contribution in [1.29, 1.82) is 0 Å². The zero-order valence-electron chi connectivity index (χ0n) is 8.43. The molecule has 0 atom stereocenters. The van der Waals surface area contributed by atoms with Crippen LogP contribution in [0.4, 0.5) is 11.4 Å². The number of carboxylic acids is 1. The third-order valence-electron chi connectivity index (χ3n) is 1.51. The van der Waals surface area contributed by atoms with Gasteiger partial charge in [-0.05, 0) is 6.07 Å². The van der Waals surface area contributed by atoms with E-state index in [9.17, 15) is 14.9 Å². The third kappa shape index (κ3) is 2.76. The Bertz CT molecular complexity index is 353. The van der Waals surface area contributed by atoms with Crippen molar-refractivity contribution in [2.45, 2.75) is 0 Å². The van der Waals surface area contributed by atoms with Crippen LogP contribution in [0.2, 0.25) is 0 Å². The number of nitrogen functional groups attached to an aromatic ring is 1. The molecular weight excluding hydrogens is 215 g/mol. The molecular formula is C7H7KN2O4. The summed E-state index contributed by atoms with van der Waals surface area (Å²) in [5.41, 5.74) is 4.30. The van der Waals surface area contributed by atoms with Crippen molar-refractivity contribution in [1.82, 2.24) is 0 Å². The van der Waals surface area contributed by atoms with E-state index >= 15 is 0 Å². The number of nitrogens with zero attached hydrogens (tertiary/aromatic N) is 1. The van der Waals surface area contributed by atoms with Crippen molar-refractivity contribution in [2.75, 3.05) is 5.73 Å². The maximum absolute atomic E-state index is 10.5. The second-order valence-electron chi connectivity index (χ2n) is 2.30. The molecule has 0 saturated heterocycles. The first-order chi connectivity index (χ1) is 6.04. The number of aromatic carboxylic acids is 1. The van der Waals surface area contributed by atoms with E-state index < -0.39 is 10.9 Å².